The lowest BCUT2D eigenvalue weighted by molar-refractivity contribution is -0.141. The van der Waals surface area contributed by atoms with E-state index in [1.807, 2.05) is 104 Å². The molecule has 6 aromatic rings. The molecule has 0 radical (unpaired) electrons. The lowest BCUT2D eigenvalue weighted by Gasteiger charge is -2.25. The fraction of sp³-hybridized carbons (Fsp3) is 0.433. The quantitative estimate of drug-likeness (QED) is 0.0241. The van der Waals surface area contributed by atoms with Crippen LogP contribution in [0.2, 0.25) is 10.0 Å². The molecule has 0 bridgehead atoms. The summed E-state index contributed by atoms with van der Waals surface area (Å²) in [4.78, 5) is 63.5. The number of aromatic nitrogens is 2. The second-order valence-corrected chi connectivity index (χ2v) is 25.8. The molecule has 2 aromatic heterocycles. The van der Waals surface area contributed by atoms with Gasteiger partial charge in [-0.2, -0.15) is 0 Å². The van der Waals surface area contributed by atoms with Crippen LogP contribution in [0, 0.1) is 0 Å². The van der Waals surface area contributed by atoms with Crippen molar-refractivity contribution in [2.24, 2.45) is 0 Å². The molecule has 0 saturated heterocycles. The van der Waals surface area contributed by atoms with Gasteiger partial charge in [-0.05, 0) is 141 Å². The van der Waals surface area contributed by atoms with Crippen molar-refractivity contribution in [2.45, 2.75) is 111 Å². The largest absolute Gasteiger partial charge is 0.490 e. The standard InChI is InChI=1S/C67H75Cl2N5O12S2/c68-59-17-15-51(36-46(59)44-83-66(21-22-66)57-38-70-25-19-53(57)55-7-1-3-9-61(55)85-49-11-12-49)87-34-32-81-30-5-6-48(75)40-73(42-64(77)78)28-29-74(43-65(79)80)41-63(76)72-27-31-82-33-35-88-52-16-18-60(69)47(37-52)45-84-67(23-24-67)58-39-71-26-20-54(58)56-8-2-4-10-62(56)86-50-13-14-50/h1-4,7-10,15-20,25-26,36-39,49-50H,5-6,11-14,21-24,27-35,40-45H2,(H,72,76)(H,77,78)(H,79,80). The van der Waals surface area contributed by atoms with Gasteiger partial charge in [0, 0.05) is 111 Å². The van der Waals surface area contributed by atoms with Crippen LogP contribution >= 0.6 is 46.7 Å². The molecule has 4 fully saturated rings. The molecule has 1 amide bonds. The van der Waals surface area contributed by atoms with Crippen LogP contribution < -0.4 is 14.8 Å². The molecular weight excluding hydrogens is 1200 g/mol. The highest BCUT2D eigenvalue weighted by Crippen LogP contribution is 2.55. The van der Waals surface area contributed by atoms with E-state index in [-0.39, 0.29) is 63.7 Å². The number of carboxylic acids is 2. The molecule has 0 aliphatic heterocycles. The summed E-state index contributed by atoms with van der Waals surface area (Å²) in [7, 11) is 0. The first kappa shape index (κ1) is 64.9. The van der Waals surface area contributed by atoms with Crippen molar-refractivity contribution >= 4 is 70.4 Å². The molecule has 0 spiro atoms. The number of benzene rings is 4. The first-order valence-corrected chi connectivity index (χ1v) is 32.9. The Hall–Kier alpha value is -6.10. The molecule has 10 rings (SSSR count). The Labute approximate surface area is 532 Å². The predicted octanol–water partition coefficient (Wildman–Crippen LogP) is 11.8. The normalized spacial score (nSPS) is 15.5. The smallest absolute Gasteiger partial charge is 0.317 e. The predicted molar refractivity (Wildman–Crippen MR) is 339 cm³/mol. The summed E-state index contributed by atoms with van der Waals surface area (Å²) in [5.74, 6) is 0.209. The summed E-state index contributed by atoms with van der Waals surface area (Å²) in [6, 6.07) is 32.2. The number of pyridine rings is 2. The monoisotopic (exact) mass is 1280 g/mol. The Balaban J connectivity index is 0.590. The zero-order valence-corrected chi connectivity index (χ0v) is 52.4. The number of thioether (sulfide) groups is 2. The summed E-state index contributed by atoms with van der Waals surface area (Å²) in [6.45, 7) is 1.18. The number of carbonyl (C=O) groups is 4. The Morgan fingerprint density at radius 1 is 0.580 bits per heavy atom. The number of nitrogens with zero attached hydrogens (tertiary/aromatic N) is 4. The van der Waals surface area contributed by atoms with Crippen molar-refractivity contribution in [1.29, 1.82) is 0 Å². The topological polar surface area (TPSA) is 208 Å². The van der Waals surface area contributed by atoms with Crippen LogP contribution in [0.3, 0.4) is 0 Å². The Kier molecular flexibility index (Phi) is 23.3. The second-order valence-electron chi connectivity index (χ2n) is 22.7. The number of Topliss-reactive ketones (excluding diaryl/α,β-unsaturated/α-hetero) is 1. The maximum atomic E-state index is 13.1. The summed E-state index contributed by atoms with van der Waals surface area (Å²) in [6.07, 6.45) is 16.4. The molecule has 4 aromatic carbocycles. The minimum absolute atomic E-state index is 0.0475. The molecule has 4 saturated carbocycles. The molecule has 17 nitrogen and oxygen atoms in total. The first-order valence-electron chi connectivity index (χ1n) is 30.2. The Morgan fingerprint density at radius 3 is 1.53 bits per heavy atom. The van der Waals surface area contributed by atoms with Gasteiger partial charge < -0.3 is 44.0 Å². The number of amides is 1. The van der Waals surface area contributed by atoms with Crippen LogP contribution in [0.4, 0.5) is 0 Å². The Bertz CT molecular complexity index is 3140. The average molecular weight is 1280 g/mol. The molecule has 4 aliphatic carbocycles. The number of hydrogen-bond acceptors (Lipinski definition) is 16. The van der Waals surface area contributed by atoms with Crippen molar-refractivity contribution in [3.63, 3.8) is 0 Å². The maximum Gasteiger partial charge on any atom is 0.317 e. The minimum atomic E-state index is -1.14. The minimum Gasteiger partial charge on any atom is -0.490 e. The molecule has 0 unspecified atom stereocenters. The van der Waals surface area contributed by atoms with E-state index in [9.17, 15) is 29.4 Å². The molecule has 88 heavy (non-hydrogen) atoms. The van der Waals surface area contributed by atoms with Gasteiger partial charge in [0.15, 0.2) is 0 Å². The van der Waals surface area contributed by atoms with E-state index >= 15 is 0 Å². The van der Waals surface area contributed by atoms with Crippen molar-refractivity contribution in [3.8, 4) is 33.8 Å². The second kappa shape index (κ2) is 31.6. The van der Waals surface area contributed by atoms with E-state index in [2.05, 4.69) is 33.5 Å². The maximum absolute atomic E-state index is 13.1. The van der Waals surface area contributed by atoms with Gasteiger partial charge in [-0.3, -0.25) is 38.9 Å². The van der Waals surface area contributed by atoms with Crippen LogP contribution in [-0.2, 0) is 62.5 Å². The molecule has 3 N–H and O–H groups in total. The lowest BCUT2D eigenvalue weighted by Crippen LogP contribution is -2.45. The highest BCUT2D eigenvalue weighted by Gasteiger charge is 2.49. The van der Waals surface area contributed by atoms with Crippen molar-refractivity contribution in [1.82, 2.24) is 25.1 Å². The van der Waals surface area contributed by atoms with E-state index in [1.165, 1.54) is 9.80 Å². The van der Waals surface area contributed by atoms with Gasteiger partial charge in [0.1, 0.15) is 17.3 Å². The number of ketones is 1. The zero-order valence-electron chi connectivity index (χ0n) is 49.2. The van der Waals surface area contributed by atoms with Gasteiger partial charge in [0.2, 0.25) is 5.91 Å². The van der Waals surface area contributed by atoms with E-state index < -0.39 is 42.1 Å². The molecule has 2 heterocycles. The van der Waals surface area contributed by atoms with Gasteiger partial charge in [0.05, 0.1) is 82.6 Å². The fourth-order valence-corrected chi connectivity index (χ4v) is 12.4. The van der Waals surface area contributed by atoms with Crippen molar-refractivity contribution in [3.05, 3.63) is 154 Å². The first-order chi connectivity index (χ1) is 42.8. The highest BCUT2D eigenvalue weighted by molar-refractivity contribution is 7.99. The van der Waals surface area contributed by atoms with E-state index in [0.717, 1.165) is 117 Å². The number of nitrogens with one attached hydrogen (secondary N) is 1. The lowest BCUT2D eigenvalue weighted by atomic mass is 9.96. The summed E-state index contributed by atoms with van der Waals surface area (Å²) in [5.41, 5.74) is 7.13. The number of aliphatic carboxylic acids is 2. The molecule has 21 heteroatoms. The third-order valence-electron chi connectivity index (χ3n) is 15.6. The van der Waals surface area contributed by atoms with Crippen molar-refractivity contribution in [2.75, 3.05) is 83.7 Å². The number of halogens is 2. The van der Waals surface area contributed by atoms with E-state index in [4.69, 9.17) is 51.6 Å². The van der Waals surface area contributed by atoms with Gasteiger partial charge in [-0.25, -0.2) is 0 Å². The number of ether oxygens (including phenoxy) is 6. The number of para-hydroxylation sites is 2. The summed E-state index contributed by atoms with van der Waals surface area (Å²) in [5, 5.41) is 23.3. The van der Waals surface area contributed by atoms with Crippen LogP contribution in [0.1, 0.15) is 86.5 Å². The van der Waals surface area contributed by atoms with Crippen molar-refractivity contribution < 1.29 is 57.8 Å². The molecule has 4 aliphatic rings. The van der Waals surface area contributed by atoms with Crippen LogP contribution in [-0.4, -0.2) is 150 Å². The third kappa shape index (κ3) is 19.2. The van der Waals surface area contributed by atoms with E-state index in [1.54, 1.807) is 23.5 Å². The summed E-state index contributed by atoms with van der Waals surface area (Å²) < 4.78 is 37.6. The molecular formula is C67H75Cl2N5O12S2. The summed E-state index contributed by atoms with van der Waals surface area (Å²) >= 11 is 16.6. The molecule has 466 valence electrons. The number of hydrogen-bond donors (Lipinski definition) is 3. The SMILES string of the molecule is O=C(O)CN(CCN(CC(=O)O)CC(=O)NCCOCCSc1ccc(Cl)c(COC2(c3cnccc3-c3ccccc3OC3CC3)CC2)c1)CC(=O)CCCOCCSc1ccc(Cl)c(COC2(c3cnccc3-c3ccccc3OC3CC3)CC2)c1. The van der Waals surface area contributed by atoms with E-state index in [0.29, 0.717) is 61.0 Å². The number of carboxylic acid groups (broad SMARTS) is 2. The van der Waals surface area contributed by atoms with Crippen LogP contribution in [0.5, 0.6) is 11.5 Å². The van der Waals surface area contributed by atoms with Gasteiger partial charge in [-0.15, -0.1) is 23.5 Å². The highest BCUT2D eigenvalue weighted by atomic mass is 35.5. The third-order valence-corrected chi connectivity index (χ3v) is 18.2. The number of rotatable bonds is 40. The zero-order chi connectivity index (χ0) is 61.3. The van der Waals surface area contributed by atoms with Crippen LogP contribution in [0.25, 0.3) is 22.3 Å². The van der Waals surface area contributed by atoms with Gasteiger partial charge in [0.25, 0.3) is 0 Å². The molecule has 0 atom stereocenters. The number of carbonyl (C=O) groups excluding carboxylic acids is 2. The average Bonchev–Trinajstić information content (AvgIpc) is 1.75. The van der Waals surface area contributed by atoms with Gasteiger partial charge in [-0.1, -0.05) is 59.6 Å². The Morgan fingerprint density at radius 2 is 1.06 bits per heavy atom. The fourth-order valence-electron chi connectivity index (χ4n) is 10.4. The van der Waals surface area contributed by atoms with Crippen LogP contribution in [0.15, 0.2) is 132 Å². The van der Waals surface area contributed by atoms with Gasteiger partial charge >= 0.3 is 11.9 Å².